The van der Waals surface area contributed by atoms with Crippen molar-refractivity contribution < 1.29 is 18.0 Å². The maximum atomic E-state index is 12.9. The third kappa shape index (κ3) is 3.28. The molecule has 3 rings (SSSR count). The van der Waals surface area contributed by atoms with E-state index in [0.29, 0.717) is 32.5 Å². The number of alkyl halides is 3. The Labute approximate surface area is 139 Å². The van der Waals surface area contributed by atoms with E-state index in [1.54, 1.807) is 4.90 Å². The molecule has 2 atom stereocenters. The van der Waals surface area contributed by atoms with Crippen molar-refractivity contribution in [3.05, 3.63) is 11.6 Å². The van der Waals surface area contributed by atoms with Gasteiger partial charge in [-0.15, -0.1) is 10.2 Å². The molecule has 1 amide bonds. The van der Waals surface area contributed by atoms with E-state index in [4.69, 9.17) is 0 Å². The summed E-state index contributed by atoms with van der Waals surface area (Å²) in [5.41, 5.74) is 0. The Kier molecular flexibility index (Phi) is 4.57. The maximum Gasteiger partial charge on any atom is 0.391 e. The zero-order valence-electron chi connectivity index (χ0n) is 14.0. The number of hydrogen-bond acceptors (Lipinski definition) is 3. The highest BCUT2D eigenvalue weighted by atomic mass is 19.4. The molecule has 24 heavy (non-hydrogen) atoms. The summed E-state index contributed by atoms with van der Waals surface area (Å²) in [7, 11) is 0. The van der Waals surface area contributed by atoms with Crippen LogP contribution in [-0.4, -0.2) is 38.3 Å². The van der Waals surface area contributed by atoms with Gasteiger partial charge in [0.1, 0.15) is 5.82 Å². The molecular formula is C16H23F3N4O. The summed E-state index contributed by atoms with van der Waals surface area (Å²) in [6.07, 6.45) is -3.14. The highest BCUT2D eigenvalue weighted by Gasteiger charge is 2.44. The quantitative estimate of drug-likeness (QED) is 0.828. The smallest absolute Gasteiger partial charge is 0.333 e. The van der Waals surface area contributed by atoms with E-state index >= 15 is 0 Å². The largest absolute Gasteiger partial charge is 0.391 e. The Morgan fingerprint density at radius 1 is 1.21 bits per heavy atom. The molecule has 2 heterocycles. The molecule has 0 N–H and O–H groups in total. The second kappa shape index (κ2) is 6.37. The molecule has 1 fully saturated rings. The molecule has 1 aliphatic heterocycles. The molecule has 0 unspecified atom stereocenters. The van der Waals surface area contributed by atoms with Gasteiger partial charge in [-0.25, -0.2) is 0 Å². The second-order valence-electron chi connectivity index (χ2n) is 7.14. The van der Waals surface area contributed by atoms with Crippen LogP contribution < -0.4 is 0 Å². The van der Waals surface area contributed by atoms with Crippen LogP contribution in [0.15, 0.2) is 0 Å². The fraction of sp³-hybridized carbons (Fsp3) is 0.812. The Balaban J connectivity index is 1.68. The number of halogens is 3. The highest BCUT2D eigenvalue weighted by molar-refractivity contribution is 5.79. The Morgan fingerprint density at radius 3 is 2.62 bits per heavy atom. The van der Waals surface area contributed by atoms with Crippen molar-refractivity contribution in [2.75, 3.05) is 6.54 Å². The van der Waals surface area contributed by atoms with Crippen LogP contribution in [0, 0.1) is 11.8 Å². The van der Waals surface area contributed by atoms with Crippen LogP contribution in [0.4, 0.5) is 13.2 Å². The molecule has 1 aromatic heterocycles. The minimum Gasteiger partial charge on any atom is -0.333 e. The molecular weight excluding hydrogens is 321 g/mol. The van der Waals surface area contributed by atoms with E-state index in [1.807, 2.05) is 18.4 Å². The van der Waals surface area contributed by atoms with Crippen molar-refractivity contribution >= 4 is 5.91 Å². The number of carbonyl (C=O) groups excluding carboxylic acids is 1. The van der Waals surface area contributed by atoms with E-state index < -0.39 is 18.0 Å². The number of hydrogen-bond donors (Lipinski definition) is 0. The molecule has 1 aromatic rings. The van der Waals surface area contributed by atoms with Gasteiger partial charge in [0, 0.05) is 24.9 Å². The zero-order chi connectivity index (χ0) is 17.5. The Morgan fingerprint density at radius 2 is 1.96 bits per heavy atom. The monoisotopic (exact) mass is 344 g/mol. The average Bonchev–Trinajstić information content (AvgIpc) is 2.96. The first kappa shape index (κ1) is 17.2. The van der Waals surface area contributed by atoms with Gasteiger partial charge >= 0.3 is 6.18 Å². The molecule has 1 aliphatic carbocycles. The summed E-state index contributed by atoms with van der Waals surface area (Å²) in [5, 5.41) is 8.32. The molecule has 0 aromatic carbocycles. The summed E-state index contributed by atoms with van der Waals surface area (Å²) in [4.78, 5) is 14.3. The van der Waals surface area contributed by atoms with Gasteiger partial charge in [0.15, 0.2) is 5.82 Å². The van der Waals surface area contributed by atoms with Gasteiger partial charge in [0.05, 0.1) is 12.5 Å². The van der Waals surface area contributed by atoms with Crippen molar-refractivity contribution in [2.24, 2.45) is 11.8 Å². The first-order valence-corrected chi connectivity index (χ1v) is 8.55. The van der Waals surface area contributed by atoms with Crippen LogP contribution in [0.1, 0.15) is 57.1 Å². The molecule has 2 aliphatic rings. The van der Waals surface area contributed by atoms with Crippen LogP contribution in [0.3, 0.4) is 0 Å². The lowest BCUT2D eigenvalue weighted by Crippen LogP contribution is -2.44. The third-order valence-corrected chi connectivity index (χ3v) is 5.10. The van der Waals surface area contributed by atoms with Gasteiger partial charge in [-0.3, -0.25) is 4.79 Å². The fourth-order valence-corrected chi connectivity index (χ4v) is 3.77. The molecule has 0 saturated heterocycles. The van der Waals surface area contributed by atoms with Crippen molar-refractivity contribution in [2.45, 2.75) is 64.7 Å². The van der Waals surface area contributed by atoms with Gasteiger partial charge < -0.3 is 9.47 Å². The summed E-state index contributed by atoms with van der Waals surface area (Å²) < 4.78 is 40.9. The van der Waals surface area contributed by atoms with Crippen LogP contribution in [0.25, 0.3) is 0 Å². The molecule has 0 bridgehead atoms. The third-order valence-electron chi connectivity index (χ3n) is 5.10. The fourth-order valence-electron chi connectivity index (χ4n) is 3.77. The van der Waals surface area contributed by atoms with Gasteiger partial charge in [0.2, 0.25) is 5.91 Å². The lowest BCUT2D eigenvalue weighted by Gasteiger charge is -2.35. The van der Waals surface area contributed by atoms with Gasteiger partial charge in [-0.05, 0) is 19.3 Å². The van der Waals surface area contributed by atoms with Crippen molar-refractivity contribution in [3.8, 4) is 0 Å². The molecule has 1 saturated carbocycles. The predicted molar refractivity (Wildman–Crippen MR) is 81.0 cm³/mol. The minimum atomic E-state index is -4.20. The molecule has 5 nitrogen and oxygen atoms in total. The number of rotatable bonds is 2. The Bertz CT molecular complexity index is 611. The van der Waals surface area contributed by atoms with Crippen LogP contribution in [0.2, 0.25) is 0 Å². The van der Waals surface area contributed by atoms with Gasteiger partial charge in [-0.2, -0.15) is 13.2 Å². The number of amides is 1. The average molecular weight is 344 g/mol. The number of nitrogens with zero attached hydrogens (tertiary/aromatic N) is 4. The second-order valence-corrected chi connectivity index (χ2v) is 7.14. The first-order chi connectivity index (χ1) is 11.3. The van der Waals surface area contributed by atoms with Crippen molar-refractivity contribution in [1.29, 1.82) is 0 Å². The summed E-state index contributed by atoms with van der Waals surface area (Å²) in [6.45, 7) is 5.53. The molecule has 8 heteroatoms. The van der Waals surface area contributed by atoms with E-state index in [1.165, 1.54) is 0 Å². The van der Waals surface area contributed by atoms with Crippen molar-refractivity contribution in [1.82, 2.24) is 19.7 Å². The van der Waals surface area contributed by atoms with E-state index in [9.17, 15) is 18.0 Å². The summed E-state index contributed by atoms with van der Waals surface area (Å²) in [5.74, 6) is -0.164. The molecule has 0 spiro atoms. The first-order valence-electron chi connectivity index (χ1n) is 8.55. The van der Waals surface area contributed by atoms with Gasteiger partial charge in [0.25, 0.3) is 0 Å². The van der Waals surface area contributed by atoms with E-state index in [2.05, 4.69) is 10.2 Å². The number of aromatic nitrogens is 3. The van der Waals surface area contributed by atoms with E-state index in [0.717, 1.165) is 11.6 Å². The van der Waals surface area contributed by atoms with Crippen molar-refractivity contribution in [3.63, 3.8) is 0 Å². The van der Waals surface area contributed by atoms with Crippen LogP contribution in [0.5, 0.6) is 0 Å². The summed E-state index contributed by atoms with van der Waals surface area (Å²) >= 11 is 0. The number of carbonyl (C=O) groups is 1. The highest BCUT2D eigenvalue weighted by Crippen LogP contribution is 2.40. The lowest BCUT2D eigenvalue weighted by atomic mass is 9.80. The summed E-state index contributed by atoms with van der Waals surface area (Å²) in [6, 6.07) is 0. The van der Waals surface area contributed by atoms with E-state index in [-0.39, 0.29) is 24.7 Å². The standard InChI is InChI=1S/C16H23F3N4O/c1-10(2)14-21-20-13-9-22(6-7-23(13)14)15(24)11-4-3-5-12(8-11)16(17,18)19/h10-12H,3-9H2,1-2H3/t11-,12+/m1/s1. The van der Waals surface area contributed by atoms with Crippen LogP contribution >= 0.6 is 0 Å². The van der Waals surface area contributed by atoms with Crippen LogP contribution in [-0.2, 0) is 17.9 Å². The topological polar surface area (TPSA) is 51.0 Å². The maximum absolute atomic E-state index is 12.9. The Hall–Kier alpha value is -1.60. The van der Waals surface area contributed by atoms with Gasteiger partial charge in [-0.1, -0.05) is 20.3 Å². The number of fused-ring (bicyclic) bond motifs is 1. The lowest BCUT2D eigenvalue weighted by molar-refractivity contribution is -0.187. The molecule has 134 valence electrons. The normalized spacial score (nSPS) is 25.0. The predicted octanol–water partition coefficient (Wildman–Crippen LogP) is 3.11. The zero-order valence-corrected chi connectivity index (χ0v) is 14.0. The SMILES string of the molecule is CC(C)c1nnc2n1CCN(C(=O)[C@@H]1CCC[C@H](C(F)(F)F)C1)C2. The minimum absolute atomic E-state index is 0.0806. The molecule has 0 radical (unpaired) electrons.